The van der Waals surface area contributed by atoms with Gasteiger partial charge in [0, 0.05) is 19.1 Å². The van der Waals surface area contributed by atoms with Gasteiger partial charge in [-0.1, -0.05) is 12.1 Å². The second-order valence-corrected chi connectivity index (χ2v) is 4.91. The zero-order valence-corrected chi connectivity index (χ0v) is 11.4. The molecule has 0 unspecified atom stereocenters. The number of ether oxygens (including phenoxy) is 1. The molecular weight excluding hydrogens is 276 g/mol. The Morgan fingerprint density at radius 1 is 1.10 bits per heavy atom. The summed E-state index contributed by atoms with van der Waals surface area (Å²) in [7, 11) is 0. The van der Waals surface area contributed by atoms with Crippen LogP contribution in [0.4, 0.5) is 20.3 Å². The molecule has 3 rings (SSSR count). The number of nitrogens with one attached hydrogen (secondary N) is 1. The lowest BCUT2D eigenvalue weighted by Gasteiger charge is -2.22. The quantitative estimate of drug-likeness (QED) is 0.941. The van der Waals surface area contributed by atoms with Crippen LogP contribution in [0.5, 0.6) is 0 Å². The summed E-state index contributed by atoms with van der Waals surface area (Å²) in [5.74, 6) is -0.963. The highest BCUT2D eigenvalue weighted by molar-refractivity contribution is 5.57. The van der Waals surface area contributed by atoms with Crippen LogP contribution in [0.3, 0.4) is 0 Å². The fraction of sp³-hybridized carbons (Fsp3) is 0.333. The molecule has 1 aromatic heterocycles. The van der Waals surface area contributed by atoms with E-state index in [0.29, 0.717) is 18.9 Å². The van der Waals surface area contributed by atoms with E-state index in [0.717, 1.165) is 12.8 Å². The standard InChI is InChI=1S/C15H15F2N3O/c16-11-3-1-2-4-12(11)20-15-13(17)14(18-9-19-15)10-5-7-21-8-6-10/h1-4,9-10H,5-8H2,(H,18,19,20). The van der Waals surface area contributed by atoms with E-state index in [1.165, 1.54) is 18.5 Å². The van der Waals surface area contributed by atoms with Crippen molar-refractivity contribution in [2.24, 2.45) is 0 Å². The van der Waals surface area contributed by atoms with Gasteiger partial charge < -0.3 is 10.1 Å². The molecule has 1 fully saturated rings. The highest BCUT2D eigenvalue weighted by Crippen LogP contribution is 2.30. The van der Waals surface area contributed by atoms with Gasteiger partial charge in [-0.3, -0.25) is 0 Å². The predicted octanol–water partition coefficient (Wildman–Crippen LogP) is 3.39. The van der Waals surface area contributed by atoms with Gasteiger partial charge in [0.15, 0.2) is 11.6 Å². The Morgan fingerprint density at radius 2 is 1.86 bits per heavy atom. The first-order chi connectivity index (χ1) is 10.3. The molecule has 0 bridgehead atoms. The minimum atomic E-state index is -0.521. The first-order valence-electron chi connectivity index (χ1n) is 6.85. The van der Waals surface area contributed by atoms with Crippen LogP contribution in [0, 0.1) is 11.6 Å². The molecule has 0 aliphatic carbocycles. The van der Waals surface area contributed by atoms with Crippen molar-refractivity contribution < 1.29 is 13.5 Å². The molecule has 21 heavy (non-hydrogen) atoms. The highest BCUT2D eigenvalue weighted by Gasteiger charge is 2.23. The van der Waals surface area contributed by atoms with Crippen molar-refractivity contribution >= 4 is 11.5 Å². The number of benzene rings is 1. The third-order valence-electron chi connectivity index (χ3n) is 3.55. The Kier molecular flexibility index (Phi) is 4.06. The number of aromatic nitrogens is 2. The monoisotopic (exact) mass is 291 g/mol. The summed E-state index contributed by atoms with van der Waals surface area (Å²) in [6.45, 7) is 1.20. The molecule has 1 saturated heterocycles. The van der Waals surface area contributed by atoms with E-state index in [1.807, 2.05) is 0 Å². The van der Waals surface area contributed by atoms with Crippen LogP contribution in [0.25, 0.3) is 0 Å². The Bertz CT molecular complexity index is 630. The maximum atomic E-state index is 14.5. The summed E-state index contributed by atoms with van der Waals surface area (Å²) in [4.78, 5) is 7.93. The molecule has 1 aliphatic rings. The van der Waals surface area contributed by atoms with Crippen LogP contribution in [0.2, 0.25) is 0 Å². The van der Waals surface area contributed by atoms with Gasteiger partial charge in [0.05, 0.1) is 11.4 Å². The Hall–Kier alpha value is -2.08. The van der Waals surface area contributed by atoms with Gasteiger partial charge in [0.1, 0.15) is 12.1 Å². The Morgan fingerprint density at radius 3 is 2.62 bits per heavy atom. The van der Waals surface area contributed by atoms with Crippen LogP contribution in [0.1, 0.15) is 24.5 Å². The zero-order chi connectivity index (χ0) is 14.7. The number of nitrogens with zero attached hydrogens (tertiary/aromatic N) is 2. The van der Waals surface area contributed by atoms with Crippen LogP contribution >= 0.6 is 0 Å². The summed E-state index contributed by atoms with van der Waals surface area (Å²) in [6, 6.07) is 6.08. The van der Waals surface area contributed by atoms with Gasteiger partial charge in [-0.25, -0.2) is 18.7 Å². The molecule has 6 heteroatoms. The number of hydrogen-bond donors (Lipinski definition) is 1. The lowest BCUT2D eigenvalue weighted by Crippen LogP contribution is -2.17. The third kappa shape index (κ3) is 3.00. The molecule has 0 spiro atoms. The average molecular weight is 291 g/mol. The van der Waals surface area contributed by atoms with Crippen LogP contribution in [-0.2, 0) is 4.74 Å². The Balaban J connectivity index is 1.88. The molecule has 1 N–H and O–H groups in total. The molecular formula is C15H15F2N3O. The molecule has 2 heterocycles. The lowest BCUT2D eigenvalue weighted by molar-refractivity contribution is 0.0837. The smallest absolute Gasteiger partial charge is 0.187 e. The van der Waals surface area contributed by atoms with E-state index in [1.54, 1.807) is 12.1 Å². The van der Waals surface area contributed by atoms with E-state index in [9.17, 15) is 8.78 Å². The van der Waals surface area contributed by atoms with E-state index in [2.05, 4.69) is 15.3 Å². The molecule has 0 saturated carbocycles. The first-order valence-corrected chi connectivity index (χ1v) is 6.85. The zero-order valence-electron chi connectivity index (χ0n) is 11.4. The van der Waals surface area contributed by atoms with Gasteiger partial charge in [-0.15, -0.1) is 0 Å². The average Bonchev–Trinajstić information content (AvgIpc) is 2.52. The summed E-state index contributed by atoms with van der Waals surface area (Å²) in [6.07, 6.45) is 2.76. The highest BCUT2D eigenvalue weighted by atomic mass is 19.1. The number of para-hydroxylation sites is 1. The van der Waals surface area contributed by atoms with Gasteiger partial charge >= 0.3 is 0 Å². The molecule has 0 amide bonds. The number of rotatable bonds is 3. The van der Waals surface area contributed by atoms with Crippen molar-refractivity contribution in [3.05, 3.63) is 47.9 Å². The fourth-order valence-corrected chi connectivity index (χ4v) is 2.42. The molecule has 1 aliphatic heterocycles. The second kappa shape index (κ2) is 6.13. The Labute approximate surface area is 121 Å². The van der Waals surface area contributed by atoms with Crippen molar-refractivity contribution in [2.45, 2.75) is 18.8 Å². The maximum absolute atomic E-state index is 14.5. The SMILES string of the molecule is Fc1ccccc1Nc1ncnc(C2CCOCC2)c1F. The lowest BCUT2D eigenvalue weighted by atomic mass is 9.96. The number of anilines is 2. The molecule has 4 nitrogen and oxygen atoms in total. The van der Waals surface area contributed by atoms with E-state index >= 15 is 0 Å². The third-order valence-corrected chi connectivity index (χ3v) is 3.55. The number of halogens is 2. The van der Waals surface area contributed by atoms with E-state index in [4.69, 9.17) is 4.74 Å². The maximum Gasteiger partial charge on any atom is 0.187 e. The van der Waals surface area contributed by atoms with E-state index in [-0.39, 0.29) is 17.4 Å². The first kappa shape index (κ1) is 13.9. The van der Waals surface area contributed by atoms with Crippen molar-refractivity contribution in [3.8, 4) is 0 Å². The van der Waals surface area contributed by atoms with E-state index < -0.39 is 11.6 Å². The molecule has 0 radical (unpaired) electrons. The normalized spacial score (nSPS) is 15.9. The molecule has 110 valence electrons. The van der Waals surface area contributed by atoms with Crippen molar-refractivity contribution in [3.63, 3.8) is 0 Å². The van der Waals surface area contributed by atoms with Crippen molar-refractivity contribution in [1.82, 2.24) is 9.97 Å². The van der Waals surface area contributed by atoms with Gasteiger partial charge in [0.2, 0.25) is 0 Å². The summed E-state index contributed by atoms with van der Waals surface area (Å²) < 4.78 is 33.4. The van der Waals surface area contributed by atoms with Crippen molar-refractivity contribution in [2.75, 3.05) is 18.5 Å². The van der Waals surface area contributed by atoms with Gasteiger partial charge in [-0.2, -0.15) is 0 Å². The predicted molar refractivity (Wildman–Crippen MR) is 74.5 cm³/mol. The van der Waals surface area contributed by atoms with Crippen molar-refractivity contribution in [1.29, 1.82) is 0 Å². The molecule has 2 aromatic rings. The van der Waals surface area contributed by atoms with Crippen LogP contribution in [0.15, 0.2) is 30.6 Å². The summed E-state index contributed by atoms with van der Waals surface area (Å²) >= 11 is 0. The summed E-state index contributed by atoms with van der Waals surface area (Å²) in [5.41, 5.74) is 0.556. The van der Waals surface area contributed by atoms with Gasteiger partial charge in [-0.05, 0) is 25.0 Å². The minimum Gasteiger partial charge on any atom is -0.381 e. The molecule has 0 atom stereocenters. The topological polar surface area (TPSA) is 47.0 Å². The minimum absolute atomic E-state index is 0.00316. The van der Waals surface area contributed by atoms with Gasteiger partial charge in [0.25, 0.3) is 0 Å². The van der Waals surface area contributed by atoms with Crippen LogP contribution in [-0.4, -0.2) is 23.2 Å². The van der Waals surface area contributed by atoms with Crippen LogP contribution < -0.4 is 5.32 Å². The summed E-state index contributed by atoms with van der Waals surface area (Å²) in [5, 5.41) is 2.69. The fourth-order valence-electron chi connectivity index (χ4n) is 2.42. The largest absolute Gasteiger partial charge is 0.381 e. The molecule has 1 aromatic carbocycles. The second-order valence-electron chi connectivity index (χ2n) is 4.91. The number of hydrogen-bond acceptors (Lipinski definition) is 4.